The summed E-state index contributed by atoms with van der Waals surface area (Å²) in [4.78, 5) is 0. The summed E-state index contributed by atoms with van der Waals surface area (Å²) in [7, 11) is 2.70. The normalized spacial score (nSPS) is 12.0. The van der Waals surface area contributed by atoms with Crippen LogP contribution in [0.1, 0.15) is 54.9 Å². The lowest BCUT2D eigenvalue weighted by atomic mass is 9.94. The van der Waals surface area contributed by atoms with Gasteiger partial charge in [-0.05, 0) is 26.2 Å². The topological polar surface area (TPSA) is 8.81 Å². The van der Waals surface area contributed by atoms with Gasteiger partial charge >= 0.3 is 0 Å². The average molecular weight is 257 g/mol. The van der Waals surface area contributed by atoms with Crippen molar-refractivity contribution in [2.75, 3.05) is 0 Å². The zero-order valence-corrected chi connectivity index (χ0v) is 13.8. The summed E-state index contributed by atoms with van der Waals surface area (Å²) in [6.45, 7) is 15.5. The Morgan fingerprint density at radius 3 is 1.76 bits per heavy atom. The Kier molecular flexibility index (Phi) is 6.40. The molecule has 0 saturated heterocycles. The smallest absolute Gasteiger partial charge is 0.234 e. The summed E-state index contributed by atoms with van der Waals surface area (Å²) in [5.74, 6) is 0. The van der Waals surface area contributed by atoms with Crippen molar-refractivity contribution in [1.29, 1.82) is 0 Å². The summed E-state index contributed by atoms with van der Waals surface area (Å²) < 4.78 is 4.34. The highest BCUT2D eigenvalue weighted by atomic mass is 31.0. The van der Waals surface area contributed by atoms with Crippen molar-refractivity contribution in [3.63, 3.8) is 0 Å². The quantitative estimate of drug-likeness (QED) is 0.534. The minimum absolute atomic E-state index is 0.199. The number of rotatable bonds is 1. The highest BCUT2D eigenvalue weighted by Crippen LogP contribution is 2.16. The molecule has 1 heterocycles. The van der Waals surface area contributed by atoms with Crippen molar-refractivity contribution in [3.8, 4) is 0 Å². The van der Waals surface area contributed by atoms with Crippen LogP contribution in [-0.4, -0.2) is 4.57 Å². The zero-order valence-electron chi connectivity index (χ0n) is 12.6. The lowest BCUT2D eigenvalue weighted by Gasteiger charge is -2.13. The van der Waals surface area contributed by atoms with Crippen LogP contribution in [0.4, 0.5) is 0 Å². The van der Waals surface area contributed by atoms with Gasteiger partial charge < -0.3 is 0 Å². The summed E-state index contributed by atoms with van der Waals surface area (Å²) in [6, 6.07) is 0. The van der Waals surface area contributed by atoms with Crippen molar-refractivity contribution in [2.45, 2.75) is 66.7 Å². The second-order valence-corrected chi connectivity index (χ2v) is 6.97. The third-order valence-electron chi connectivity index (χ3n) is 2.74. The van der Waals surface area contributed by atoms with E-state index < -0.39 is 0 Å². The Morgan fingerprint density at radius 2 is 1.59 bits per heavy atom. The molecule has 0 amide bonds. The van der Waals surface area contributed by atoms with E-state index in [-0.39, 0.29) is 5.54 Å². The van der Waals surface area contributed by atoms with Crippen molar-refractivity contribution < 1.29 is 4.57 Å². The van der Waals surface area contributed by atoms with Crippen molar-refractivity contribution in [2.24, 2.45) is 5.41 Å². The van der Waals surface area contributed by atoms with Crippen LogP contribution in [0, 0.1) is 5.41 Å². The summed E-state index contributed by atoms with van der Waals surface area (Å²) >= 11 is 0. The standard InChI is InChI=1S/C8H16N2P.C6H14/c1-8(2,3)10-5-4-9(6-10)7-11;1-5-6(2,3)4/h4-6H,7,11H2,1-3H3;5H2,1-4H3/q+1;. The largest absolute Gasteiger partial charge is 0.244 e. The number of hydrogen-bond donors (Lipinski definition) is 0. The van der Waals surface area contributed by atoms with E-state index in [1.807, 2.05) is 0 Å². The van der Waals surface area contributed by atoms with E-state index in [0.717, 1.165) is 6.29 Å². The molecule has 1 aromatic rings. The van der Waals surface area contributed by atoms with E-state index in [1.54, 1.807) is 0 Å². The lowest BCUT2D eigenvalue weighted by molar-refractivity contribution is -0.676. The Bertz CT molecular complexity index is 316. The Balaban J connectivity index is 0.000000366. The molecule has 0 aliphatic rings. The molecule has 0 radical (unpaired) electrons. The first kappa shape index (κ1) is 16.6. The van der Waals surface area contributed by atoms with Gasteiger partial charge in [0, 0.05) is 0 Å². The molecule has 1 atom stereocenters. The SMILES string of the molecule is CC(C)(C)n1cc[n+](CP)c1.CCC(C)(C)C. The van der Waals surface area contributed by atoms with Gasteiger partial charge in [-0.2, -0.15) is 0 Å². The molecule has 0 aliphatic heterocycles. The first-order valence-corrected chi connectivity index (χ1v) is 7.19. The van der Waals surface area contributed by atoms with Crippen molar-refractivity contribution in [1.82, 2.24) is 4.57 Å². The molecular weight excluding hydrogens is 227 g/mol. The van der Waals surface area contributed by atoms with Crippen molar-refractivity contribution in [3.05, 3.63) is 18.7 Å². The summed E-state index contributed by atoms with van der Waals surface area (Å²) in [5.41, 5.74) is 0.741. The fourth-order valence-corrected chi connectivity index (χ4v) is 1.12. The predicted molar refractivity (Wildman–Crippen MR) is 79.1 cm³/mol. The third-order valence-corrected chi connectivity index (χ3v) is 3.16. The minimum Gasteiger partial charge on any atom is -0.234 e. The fourth-order valence-electron chi connectivity index (χ4n) is 0.899. The van der Waals surface area contributed by atoms with Crippen LogP contribution >= 0.6 is 9.24 Å². The van der Waals surface area contributed by atoms with Crippen LogP contribution in [-0.2, 0) is 11.8 Å². The number of hydrogen-bond acceptors (Lipinski definition) is 0. The molecule has 1 aromatic heterocycles. The second kappa shape index (κ2) is 6.54. The molecule has 0 saturated carbocycles. The Morgan fingerprint density at radius 1 is 1.12 bits per heavy atom. The molecule has 0 bridgehead atoms. The highest BCUT2D eigenvalue weighted by molar-refractivity contribution is 7.14. The number of imidazole rings is 1. The van der Waals surface area contributed by atoms with E-state index in [4.69, 9.17) is 0 Å². The molecule has 0 fully saturated rings. The van der Waals surface area contributed by atoms with E-state index in [1.165, 1.54) is 6.42 Å². The Hall–Kier alpha value is -0.360. The molecule has 2 nitrogen and oxygen atoms in total. The maximum atomic E-state index is 2.70. The van der Waals surface area contributed by atoms with Crippen LogP contribution in [0.3, 0.4) is 0 Å². The summed E-state index contributed by atoms with van der Waals surface area (Å²) in [6.07, 6.45) is 8.53. The average Bonchev–Trinajstić information content (AvgIpc) is 2.65. The maximum Gasteiger partial charge on any atom is 0.244 e. The molecule has 0 spiro atoms. The van der Waals surface area contributed by atoms with Gasteiger partial charge in [-0.1, -0.05) is 43.4 Å². The van der Waals surface area contributed by atoms with Gasteiger partial charge in [0.25, 0.3) is 0 Å². The van der Waals surface area contributed by atoms with Crippen LogP contribution in [0.15, 0.2) is 18.7 Å². The Labute approximate surface area is 110 Å². The molecule has 1 rings (SSSR count). The molecule has 3 heteroatoms. The molecule has 0 aliphatic carbocycles. The first-order valence-electron chi connectivity index (χ1n) is 6.37. The van der Waals surface area contributed by atoms with E-state index in [2.05, 4.69) is 85.6 Å². The lowest BCUT2D eigenvalue weighted by Crippen LogP contribution is -2.29. The maximum absolute atomic E-state index is 2.70. The molecule has 1 unspecified atom stereocenters. The highest BCUT2D eigenvalue weighted by Gasteiger charge is 2.18. The third kappa shape index (κ3) is 7.54. The number of aromatic nitrogens is 2. The van der Waals surface area contributed by atoms with E-state index in [9.17, 15) is 0 Å². The first-order chi connectivity index (χ1) is 7.60. The summed E-state index contributed by atoms with van der Waals surface area (Å²) in [5, 5.41) is 0. The van der Waals surface area contributed by atoms with Gasteiger partial charge in [-0.15, -0.1) is 0 Å². The van der Waals surface area contributed by atoms with E-state index >= 15 is 0 Å². The fraction of sp³-hybridized carbons (Fsp3) is 0.786. The van der Waals surface area contributed by atoms with Gasteiger partial charge in [0.05, 0.1) is 0 Å². The van der Waals surface area contributed by atoms with Crippen LogP contribution in [0.2, 0.25) is 0 Å². The minimum atomic E-state index is 0.199. The van der Waals surface area contributed by atoms with E-state index in [0.29, 0.717) is 5.41 Å². The van der Waals surface area contributed by atoms with Gasteiger partial charge in [0.15, 0.2) is 0 Å². The van der Waals surface area contributed by atoms with Crippen LogP contribution in [0.5, 0.6) is 0 Å². The van der Waals surface area contributed by atoms with Gasteiger partial charge in [-0.25, -0.2) is 9.13 Å². The molecular formula is C14H30N2P+. The van der Waals surface area contributed by atoms with Crippen LogP contribution in [0.25, 0.3) is 0 Å². The van der Waals surface area contributed by atoms with Crippen molar-refractivity contribution >= 4 is 9.24 Å². The zero-order chi connectivity index (χ0) is 13.7. The number of nitrogens with zero attached hydrogens (tertiary/aromatic N) is 2. The second-order valence-electron chi connectivity index (χ2n) is 6.60. The predicted octanol–water partition coefficient (Wildman–Crippen LogP) is 3.81. The molecule has 0 N–H and O–H groups in total. The molecule has 17 heavy (non-hydrogen) atoms. The molecule has 0 aromatic carbocycles. The van der Waals surface area contributed by atoms with Gasteiger partial charge in [0.2, 0.25) is 6.33 Å². The molecule has 100 valence electrons. The van der Waals surface area contributed by atoms with Crippen LogP contribution < -0.4 is 4.57 Å². The van der Waals surface area contributed by atoms with Gasteiger partial charge in [-0.3, -0.25) is 0 Å². The van der Waals surface area contributed by atoms with Gasteiger partial charge in [0.1, 0.15) is 24.2 Å². The monoisotopic (exact) mass is 257 g/mol.